The van der Waals surface area contributed by atoms with E-state index in [4.69, 9.17) is 5.73 Å². The third-order valence-electron chi connectivity index (χ3n) is 6.97. The number of rotatable bonds is 15. The molecule has 2 N–H and O–H groups in total. The minimum absolute atomic E-state index is 0. The molecule has 0 aliphatic heterocycles. The quantitative estimate of drug-likeness (QED) is 0.280. The van der Waals surface area contributed by atoms with Crippen molar-refractivity contribution in [3.8, 4) is 0 Å². The Balaban J connectivity index is 0.00000625. The van der Waals surface area contributed by atoms with Crippen LogP contribution in [0.15, 0.2) is 0 Å². The summed E-state index contributed by atoms with van der Waals surface area (Å²) < 4.78 is 0. The minimum atomic E-state index is 0. The van der Waals surface area contributed by atoms with Crippen LogP contribution in [0.5, 0.6) is 0 Å². The number of halogens is 1. The van der Waals surface area contributed by atoms with Crippen LogP contribution in [0.4, 0.5) is 0 Å². The van der Waals surface area contributed by atoms with Crippen LogP contribution in [0, 0.1) is 11.3 Å². The van der Waals surface area contributed by atoms with Crippen molar-refractivity contribution in [1.82, 2.24) is 0 Å². The zero-order valence-corrected chi connectivity index (χ0v) is 19.2. The summed E-state index contributed by atoms with van der Waals surface area (Å²) in [6, 6.07) is 0.453. The van der Waals surface area contributed by atoms with Gasteiger partial charge in [0.05, 0.1) is 0 Å². The van der Waals surface area contributed by atoms with Gasteiger partial charge in [-0.1, -0.05) is 111 Å². The predicted molar refractivity (Wildman–Crippen MR) is 121 cm³/mol. The van der Waals surface area contributed by atoms with Gasteiger partial charge in [0.25, 0.3) is 0 Å². The topological polar surface area (TPSA) is 26.0 Å². The molecule has 0 heterocycles. The second kappa shape index (κ2) is 16.2. The smallest absolute Gasteiger partial charge is 0.00982 e. The van der Waals surface area contributed by atoms with E-state index in [-0.39, 0.29) is 12.4 Å². The lowest BCUT2D eigenvalue weighted by Gasteiger charge is -2.49. The molecule has 1 aliphatic rings. The molecule has 1 fully saturated rings. The average molecular weight is 388 g/mol. The molecular formula is C24H50ClN. The average Bonchev–Trinajstić information content (AvgIpc) is 2.62. The molecule has 0 spiro atoms. The van der Waals surface area contributed by atoms with Crippen LogP contribution in [0.1, 0.15) is 136 Å². The third-order valence-corrected chi connectivity index (χ3v) is 6.97. The molecule has 1 aliphatic carbocycles. The summed E-state index contributed by atoms with van der Waals surface area (Å²) in [7, 11) is 0. The molecule has 158 valence electrons. The largest absolute Gasteiger partial charge is 0.327 e. The standard InChI is InChI=1S/C24H49N.ClH/c1-4-7-8-9-10-11-12-13-14-19-23(25)24(20-6-3)21-16-15-18-22(24)17-5-2;/h22-23H,4-21,25H2,1-3H3;1H. The highest BCUT2D eigenvalue weighted by Crippen LogP contribution is 2.49. The van der Waals surface area contributed by atoms with Gasteiger partial charge in [0.15, 0.2) is 0 Å². The molecule has 26 heavy (non-hydrogen) atoms. The van der Waals surface area contributed by atoms with Gasteiger partial charge >= 0.3 is 0 Å². The SMILES string of the molecule is CCCCCCCCCCCC(N)C1(CCC)CCCCC1CCC.Cl. The van der Waals surface area contributed by atoms with Crippen molar-refractivity contribution in [1.29, 1.82) is 0 Å². The Hall–Kier alpha value is 0.250. The van der Waals surface area contributed by atoms with Crippen molar-refractivity contribution >= 4 is 12.4 Å². The molecule has 0 aromatic carbocycles. The van der Waals surface area contributed by atoms with Gasteiger partial charge in [0.2, 0.25) is 0 Å². The summed E-state index contributed by atoms with van der Waals surface area (Å²) in [5.41, 5.74) is 7.36. The Morgan fingerprint density at radius 1 is 0.808 bits per heavy atom. The van der Waals surface area contributed by atoms with Crippen LogP contribution in [0.2, 0.25) is 0 Å². The van der Waals surface area contributed by atoms with E-state index in [1.807, 2.05) is 0 Å². The molecule has 3 unspecified atom stereocenters. The Bertz CT molecular complexity index is 301. The van der Waals surface area contributed by atoms with Crippen molar-refractivity contribution < 1.29 is 0 Å². The predicted octanol–water partition coefficient (Wildman–Crippen LogP) is 8.43. The van der Waals surface area contributed by atoms with E-state index < -0.39 is 0 Å². The van der Waals surface area contributed by atoms with E-state index in [2.05, 4.69) is 20.8 Å². The van der Waals surface area contributed by atoms with Crippen molar-refractivity contribution in [3.05, 3.63) is 0 Å². The van der Waals surface area contributed by atoms with Crippen LogP contribution in [-0.2, 0) is 0 Å². The van der Waals surface area contributed by atoms with Gasteiger partial charge in [-0.3, -0.25) is 0 Å². The van der Waals surface area contributed by atoms with Crippen LogP contribution in [0.25, 0.3) is 0 Å². The molecule has 0 radical (unpaired) electrons. The molecule has 0 aromatic heterocycles. The molecular weight excluding hydrogens is 338 g/mol. The second-order valence-corrected chi connectivity index (χ2v) is 8.94. The monoisotopic (exact) mass is 387 g/mol. The number of unbranched alkanes of at least 4 members (excludes halogenated alkanes) is 8. The summed E-state index contributed by atoms with van der Waals surface area (Å²) in [5.74, 6) is 0.903. The number of nitrogens with two attached hydrogens (primary N) is 1. The molecule has 2 heteroatoms. The molecule has 0 amide bonds. The Labute approximate surface area is 172 Å². The maximum Gasteiger partial charge on any atom is 0.00982 e. The van der Waals surface area contributed by atoms with Crippen molar-refractivity contribution in [2.75, 3.05) is 0 Å². The first-order valence-electron chi connectivity index (χ1n) is 12.0. The summed E-state index contributed by atoms with van der Waals surface area (Å²) in [4.78, 5) is 0. The molecule has 3 atom stereocenters. The Morgan fingerprint density at radius 3 is 2.00 bits per heavy atom. The van der Waals surface area contributed by atoms with Crippen molar-refractivity contribution in [2.24, 2.45) is 17.1 Å². The molecule has 0 bridgehead atoms. The van der Waals surface area contributed by atoms with Crippen LogP contribution >= 0.6 is 12.4 Å². The lowest BCUT2D eigenvalue weighted by Crippen LogP contribution is -2.48. The lowest BCUT2D eigenvalue weighted by atomic mass is 9.58. The highest BCUT2D eigenvalue weighted by atomic mass is 35.5. The first-order valence-corrected chi connectivity index (χ1v) is 12.0. The highest BCUT2D eigenvalue weighted by Gasteiger charge is 2.43. The van der Waals surface area contributed by atoms with Gasteiger partial charge in [-0.15, -0.1) is 12.4 Å². The summed E-state index contributed by atoms with van der Waals surface area (Å²) in [5, 5.41) is 0. The maximum absolute atomic E-state index is 6.89. The molecule has 1 rings (SSSR count). The van der Waals surface area contributed by atoms with Crippen LogP contribution < -0.4 is 5.73 Å². The fraction of sp³-hybridized carbons (Fsp3) is 1.00. The van der Waals surface area contributed by atoms with E-state index in [0.717, 1.165) is 5.92 Å². The van der Waals surface area contributed by atoms with E-state index in [1.54, 1.807) is 0 Å². The van der Waals surface area contributed by atoms with Crippen molar-refractivity contribution in [2.45, 2.75) is 142 Å². The summed E-state index contributed by atoms with van der Waals surface area (Å²) in [6.07, 6.45) is 25.2. The molecule has 0 aromatic rings. The van der Waals surface area contributed by atoms with Gasteiger partial charge in [-0.25, -0.2) is 0 Å². The van der Waals surface area contributed by atoms with E-state index in [9.17, 15) is 0 Å². The zero-order chi connectivity index (χ0) is 18.4. The second-order valence-electron chi connectivity index (χ2n) is 8.94. The minimum Gasteiger partial charge on any atom is -0.327 e. The fourth-order valence-corrected chi connectivity index (χ4v) is 5.55. The normalized spacial score (nSPS) is 24.2. The van der Waals surface area contributed by atoms with E-state index in [0.29, 0.717) is 11.5 Å². The number of hydrogen-bond donors (Lipinski definition) is 1. The van der Waals surface area contributed by atoms with Crippen LogP contribution in [0.3, 0.4) is 0 Å². The van der Waals surface area contributed by atoms with Crippen LogP contribution in [-0.4, -0.2) is 6.04 Å². The van der Waals surface area contributed by atoms with E-state index in [1.165, 1.54) is 116 Å². The first-order chi connectivity index (χ1) is 12.2. The number of hydrogen-bond acceptors (Lipinski definition) is 1. The Kier molecular flexibility index (Phi) is 16.4. The molecule has 1 nitrogen and oxygen atoms in total. The third kappa shape index (κ3) is 8.96. The molecule has 1 saturated carbocycles. The van der Waals surface area contributed by atoms with Gasteiger partial charge < -0.3 is 5.73 Å². The summed E-state index contributed by atoms with van der Waals surface area (Å²) >= 11 is 0. The lowest BCUT2D eigenvalue weighted by molar-refractivity contribution is 0.0399. The fourth-order valence-electron chi connectivity index (χ4n) is 5.55. The Morgan fingerprint density at radius 2 is 1.42 bits per heavy atom. The van der Waals surface area contributed by atoms with Gasteiger partial charge in [-0.05, 0) is 37.0 Å². The maximum atomic E-state index is 6.89. The van der Waals surface area contributed by atoms with Gasteiger partial charge in [0, 0.05) is 6.04 Å². The first kappa shape index (κ1) is 26.2. The van der Waals surface area contributed by atoms with Gasteiger partial charge in [0.1, 0.15) is 0 Å². The molecule has 0 saturated heterocycles. The zero-order valence-electron chi connectivity index (χ0n) is 18.4. The van der Waals surface area contributed by atoms with E-state index >= 15 is 0 Å². The highest BCUT2D eigenvalue weighted by molar-refractivity contribution is 5.85. The van der Waals surface area contributed by atoms with Gasteiger partial charge in [-0.2, -0.15) is 0 Å². The van der Waals surface area contributed by atoms with Crippen molar-refractivity contribution in [3.63, 3.8) is 0 Å². The summed E-state index contributed by atoms with van der Waals surface area (Å²) in [6.45, 7) is 7.02.